The van der Waals surface area contributed by atoms with Crippen LogP contribution in [0, 0.1) is 23.3 Å². The summed E-state index contributed by atoms with van der Waals surface area (Å²) in [5.41, 5.74) is 5.08. The third-order valence-corrected chi connectivity index (χ3v) is 8.71. The number of benzene rings is 3. The van der Waals surface area contributed by atoms with E-state index in [1.54, 1.807) is 0 Å². The van der Waals surface area contributed by atoms with E-state index in [4.69, 9.17) is 10.5 Å². The maximum absolute atomic E-state index is 14.7. The Balaban J connectivity index is 1.74. The molecule has 0 aliphatic carbocycles. The fraction of sp³-hybridized carbons (Fsp3) is 0.231. The summed E-state index contributed by atoms with van der Waals surface area (Å²) in [6.45, 7) is -0.412. The Kier molecular flexibility index (Phi) is 5.32. The Morgan fingerprint density at radius 1 is 0.900 bits per heavy atom. The van der Waals surface area contributed by atoms with E-state index < -0.39 is 72.3 Å². The van der Waals surface area contributed by atoms with Gasteiger partial charge in [0.25, 0.3) is 11.8 Å². The maximum atomic E-state index is 14.7. The fourth-order valence-electron chi connectivity index (χ4n) is 5.79. The second kappa shape index (κ2) is 8.41. The Morgan fingerprint density at radius 3 is 2.17 bits per heavy atom. The molecule has 2 aliphatic rings. The van der Waals surface area contributed by atoms with Crippen LogP contribution in [0.5, 0.6) is 0 Å². The minimum absolute atomic E-state index is 0.00458. The molecule has 8 nitrogen and oxygen atoms in total. The highest BCUT2D eigenvalue weighted by molar-refractivity contribution is 7.26. The number of amides is 2. The zero-order chi connectivity index (χ0) is 28.4. The highest BCUT2D eigenvalue weighted by Crippen LogP contribution is 2.49. The van der Waals surface area contributed by atoms with Crippen LogP contribution in [-0.4, -0.2) is 57.6 Å². The monoisotopic (exact) mass is 577 g/mol. The molecule has 5 atom stereocenters. The molecule has 7 rings (SSSR count). The van der Waals surface area contributed by atoms with Gasteiger partial charge in [-0.3, -0.25) is 14.9 Å². The molecule has 2 aliphatic heterocycles. The van der Waals surface area contributed by atoms with Crippen LogP contribution in [0.25, 0.3) is 42.0 Å². The summed E-state index contributed by atoms with van der Waals surface area (Å²) < 4.78 is 79.8. The first-order valence-corrected chi connectivity index (χ1v) is 12.8. The van der Waals surface area contributed by atoms with Crippen molar-refractivity contribution in [2.24, 2.45) is 5.73 Å². The molecule has 14 heteroatoms. The van der Waals surface area contributed by atoms with Crippen molar-refractivity contribution in [3.8, 4) is 0 Å². The number of aliphatic hydroxyl groups excluding tert-OH is 2. The van der Waals surface area contributed by atoms with Crippen molar-refractivity contribution in [3.63, 3.8) is 0 Å². The molecule has 5 aromatic rings. The number of nitrogens with two attached hydrogens (primary N) is 1. The van der Waals surface area contributed by atoms with E-state index in [9.17, 15) is 41.8 Å². The van der Waals surface area contributed by atoms with Crippen LogP contribution < -0.4 is 11.1 Å². The zero-order valence-corrected chi connectivity index (χ0v) is 20.7. The minimum Gasteiger partial charge on any atom is -0.387 e. The number of hydrogen-bond acceptors (Lipinski definition) is 7. The molecule has 0 saturated carbocycles. The molecule has 1 saturated heterocycles. The number of hydrogen-bond donors (Lipinski definition) is 4. The van der Waals surface area contributed by atoms with Gasteiger partial charge in [0.05, 0.1) is 26.9 Å². The molecule has 0 unspecified atom stereocenters. The number of imide groups is 1. The molecule has 5 N–H and O–H groups in total. The Bertz CT molecular complexity index is 1970. The highest BCUT2D eigenvalue weighted by atomic mass is 32.1. The lowest BCUT2D eigenvalue weighted by Gasteiger charge is -2.40. The van der Waals surface area contributed by atoms with Crippen LogP contribution in [0.1, 0.15) is 26.9 Å². The SMILES string of the molecule is NC[C@H]1O[C@@H](n2c3cc(F)c(F)cc3c3c4c(c5c6cc(F)c(F)cc6sc5c32)C(=O)NC4=O)[C@H](O)[C@@H](O)[C@@H]1F. The van der Waals surface area contributed by atoms with E-state index in [0.29, 0.717) is 0 Å². The second-order valence-electron chi connectivity index (χ2n) is 9.71. The molecule has 4 heterocycles. The van der Waals surface area contributed by atoms with Gasteiger partial charge in [0.15, 0.2) is 35.7 Å². The van der Waals surface area contributed by atoms with Gasteiger partial charge in [0.2, 0.25) is 0 Å². The molecule has 1 fully saturated rings. The average molecular weight is 577 g/mol. The lowest BCUT2D eigenvalue weighted by atomic mass is 9.96. The standard InChI is InChI=1S/C26H16F5N3O5S/c27-8-1-6-12(3-10(8)29)34(26-22(36)21(35)19(31)13(5-32)39-26)20-15(6)17-18(25(38)33-24(17)37)16-7-2-9(28)11(30)4-14(7)40-23(16)20/h1-4,13,19,21-22,26,35-36H,5,32H2,(H,33,37,38)/t13-,19-,21+,22-,26-/m1/s1. The number of carbonyl (C=O) groups is 2. The van der Waals surface area contributed by atoms with E-state index in [1.807, 2.05) is 0 Å². The lowest BCUT2D eigenvalue weighted by Crippen LogP contribution is -2.55. The average Bonchev–Trinajstić information content (AvgIpc) is 3.52. The van der Waals surface area contributed by atoms with Gasteiger partial charge in [0, 0.05) is 38.9 Å². The van der Waals surface area contributed by atoms with Gasteiger partial charge in [-0.15, -0.1) is 11.3 Å². The van der Waals surface area contributed by atoms with Gasteiger partial charge < -0.3 is 25.3 Å². The lowest BCUT2D eigenvalue weighted by molar-refractivity contribution is -0.223. The van der Waals surface area contributed by atoms with Crippen LogP contribution in [0.3, 0.4) is 0 Å². The summed E-state index contributed by atoms with van der Waals surface area (Å²) in [5.74, 6) is -6.72. The smallest absolute Gasteiger partial charge is 0.259 e. The number of aromatic nitrogens is 1. The van der Waals surface area contributed by atoms with E-state index in [1.165, 1.54) is 0 Å². The molecular formula is C26H16F5N3O5S. The number of halogens is 5. The van der Waals surface area contributed by atoms with Gasteiger partial charge in [-0.1, -0.05) is 0 Å². The maximum Gasteiger partial charge on any atom is 0.259 e. The summed E-state index contributed by atoms with van der Waals surface area (Å²) in [6.07, 6.45) is -9.08. The van der Waals surface area contributed by atoms with E-state index in [-0.39, 0.29) is 53.1 Å². The Morgan fingerprint density at radius 2 is 1.50 bits per heavy atom. The van der Waals surface area contributed by atoms with E-state index in [2.05, 4.69) is 5.32 Å². The number of aliphatic hydroxyl groups is 2. The number of thiophene rings is 1. The van der Waals surface area contributed by atoms with Gasteiger partial charge >= 0.3 is 0 Å². The third-order valence-electron chi connectivity index (χ3n) is 7.55. The molecule has 3 aromatic carbocycles. The summed E-state index contributed by atoms with van der Waals surface area (Å²) in [4.78, 5) is 26.1. The molecule has 2 amide bonds. The normalized spacial score (nSPS) is 25.1. The first-order valence-electron chi connectivity index (χ1n) is 11.9. The molecule has 0 bridgehead atoms. The van der Waals surface area contributed by atoms with Crippen LogP contribution in [0.2, 0.25) is 0 Å². The Labute approximate surface area is 223 Å². The zero-order valence-electron chi connectivity index (χ0n) is 19.8. The topological polar surface area (TPSA) is 127 Å². The molecular weight excluding hydrogens is 561 g/mol. The number of nitrogens with zero attached hydrogens (tertiary/aromatic N) is 1. The first-order chi connectivity index (χ1) is 19.0. The number of carbonyl (C=O) groups excluding carboxylic acids is 2. The number of rotatable bonds is 2. The number of fused-ring (bicyclic) bond motifs is 10. The summed E-state index contributed by atoms with van der Waals surface area (Å²) >= 11 is 0.889. The first kappa shape index (κ1) is 25.3. The molecule has 0 spiro atoms. The predicted octanol–water partition coefficient (Wildman–Crippen LogP) is 3.52. The molecule has 2 aromatic heterocycles. The van der Waals surface area contributed by atoms with Crippen molar-refractivity contribution < 1.29 is 46.5 Å². The van der Waals surface area contributed by atoms with E-state index >= 15 is 0 Å². The van der Waals surface area contributed by atoms with Crippen LogP contribution in [0.15, 0.2) is 24.3 Å². The largest absolute Gasteiger partial charge is 0.387 e. The van der Waals surface area contributed by atoms with Crippen LogP contribution in [0.4, 0.5) is 22.0 Å². The number of ether oxygens (including phenoxy) is 1. The minimum atomic E-state index is -2.08. The molecule has 40 heavy (non-hydrogen) atoms. The predicted molar refractivity (Wildman–Crippen MR) is 134 cm³/mol. The Hall–Kier alpha value is -3.69. The molecule has 0 radical (unpaired) electrons. The van der Waals surface area contributed by atoms with Crippen molar-refractivity contribution in [2.45, 2.75) is 30.7 Å². The third kappa shape index (κ3) is 3.13. The van der Waals surface area contributed by atoms with Gasteiger partial charge in [-0.2, -0.15) is 0 Å². The van der Waals surface area contributed by atoms with Crippen LogP contribution >= 0.6 is 11.3 Å². The molecule has 206 valence electrons. The van der Waals surface area contributed by atoms with Crippen molar-refractivity contribution in [1.82, 2.24) is 9.88 Å². The van der Waals surface area contributed by atoms with Crippen molar-refractivity contribution in [3.05, 3.63) is 58.7 Å². The summed E-state index contributed by atoms with van der Waals surface area (Å²) in [6, 6.07) is 3.34. The quantitative estimate of drug-likeness (QED) is 0.188. The summed E-state index contributed by atoms with van der Waals surface area (Å²) in [5, 5.41) is 23.6. The number of alkyl halides is 1. The van der Waals surface area contributed by atoms with Crippen molar-refractivity contribution in [2.75, 3.05) is 6.54 Å². The van der Waals surface area contributed by atoms with Crippen molar-refractivity contribution >= 4 is 65.1 Å². The summed E-state index contributed by atoms with van der Waals surface area (Å²) in [7, 11) is 0. The van der Waals surface area contributed by atoms with Gasteiger partial charge in [-0.25, -0.2) is 22.0 Å². The van der Waals surface area contributed by atoms with Gasteiger partial charge in [-0.05, 0) is 18.2 Å². The van der Waals surface area contributed by atoms with E-state index in [0.717, 1.165) is 40.2 Å². The van der Waals surface area contributed by atoms with Gasteiger partial charge in [0.1, 0.15) is 18.3 Å². The van der Waals surface area contributed by atoms with Crippen molar-refractivity contribution in [1.29, 1.82) is 0 Å². The number of nitrogens with one attached hydrogen (secondary N) is 1. The second-order valence-corrected chi connectivity index (χ2v) is 10.8. The fourth-order valence-corrected chi connectivity index (χ4v) is 7.06. The highest BCUT2D eigenvalue weighted by Gasteiger charge is 2.47. The van der Waals surface area contributed by atoms with Crippen LogP contribution in [-0.2, 0) is 4.74 Å².